The fourth-order valence-corrected chi connectivity index (χ4v) is 0.723. The predicted molar refractivity (Wildman–Crippen MR) is 43.7 cm³/mol. The van der Waals surface area contributed by atoms with E-state index in [2.05, 4.69) is 24.4 Å². The summed E-state index contributed by atoms with van der Waals surface area (Å²) < 4.78 is 0. The molecule has 0 fully saturated rings. The van der Waals surface area contributed by atoms with Gasteiger partial charge < -0.3 is 0 Å². The second-order valence-electron chi connectivity index (χ2n) is 2.54. The van der Waals surface area contributed by atoms with Crippen molar-refractivity contribution in [2.75, 3.05) is 0 Å². The van der Waals surface area contributed by atoms with Gasteiger partial charge in [0, 0.05) is 6.20 Å². The summed E-state index contributed by atoms with van der Waals surface area (Å²) in [6.07, 6.45) is 7.74. The van der Waals surface area contributed by atoms with Crippen LogP contribution in [-0.2, 0) is 0 Å². The van der Waals surface area contributed by atoms with Gasteiger partial charge in [-0.05, 0) is 18.1 Å². The summed E-state index contributed by atoms with van der Waals surface area (Å²) in [6.45, 7) is 4.24. The Kier molecular flexibility index (Phi) is 2.26. The largest absolute Gasteiger partial charge is 0.286 e. The SMILES string of the molecule is CC(C)C1=NNC=CC=C1. The molecule has 0 spiro atoms. The van der Waals surface area contributed by atoms with Gasteiger partial charge in [-0.3, -0.25) is 5.43 Å². The van der Waals surface area contributed by atoms with E-state index in [0.717, 1.165) is 5.71 Å². The maximum absolute atomic E-state index is 4.12. The first kappa shape index (κ1) is 7.06. The summed E-state index contributed by atoms with van der Waals surface area (Å²) in [5.74, 6) is 0.489. The van der Waals surface area contributed by atoms with Crippen LogP contribution in [0.25, 0.3) is 0 Å². The van der Waals surface area contributed by atoms with Crippen molar-refractivity contribution in [1.29, 1.82) is 0 Å². The van der Waals surface area contributed by atoms with Crippen LogP contribution in [-0.4, -0.2) is 5.71 Å². The second kappa shape index (κ2) is 3.20. The number of hydrogen-bond acceptors (Lipinski definition) is 2. The fraction of sp³-hybridized carbons (Fsp3) is 0.375. The van der Waals surface area contributed by atoms with Crippen molar-refractivity contribution in [2.45, 2.75) is 13.8 Å². The van der Waals surface area contributed by atoms with Gasteiger partial charge in [-0.15, -0.1) is 0 Å². The van der Waals surface area contributed by atoms with Crippen LogP contribution < -0.4 is 5.43 Å². The Bertz CT molecular complexity index is 187. The Balaban J connectivity index is 2.69. The van der Waals surface area contributed by atoms with Crippen LogP contribution in [0.4, 0.5) is 0 Å². The van der Waals surface area contributed by atoms with Crippen LogP contribution in [0.2, 0.25) is 0 Å². The highest BCUT2D eigenvalue weighted by molar-refractivity contribution is 5.96. The van der Waals surface area contributed by atoms with Crippen LogP contribution in [0.15, 0.2) is 29.5 Å². The maximum Gasteiger partial charge on any atom is 0.0632 e. The summed E-state index contributed by atoms with van der Waals surface area (Å²) in [6, 6.07) is 0. The highest BCUT2D eigenvalue weighted by Gasteiger charge is 2.00. The third-order valence-corrected chi connectivity index (χ3v) is 1.33. The van der Waals surface area contributed by atoms with E-state index in [0.29, 0.717) is 5.92 Å². The number of allylic oxidation sites excluding steroid dienone is 3. The lowest BCUT2D eigenvalue weighted by molar-refractivity contribution is 0.855. The minimum atomic E-state index is 0.489. The minimum absolute atomic E-state index is 0.489. The minimum Gasteiger partial charge on any atom is -0.286 e. The quantitative estimate of drug-likeness (QED) is 0.582. The average molecular weight is 136 g/mol. The van der Waals surface area contributed by atoms with Crippen molar-refractivity contribution in [3.8, 4) is 0 Å². The van der Waals surface area contributed by atoms with Crippen molar-refractivity contribution in [3.05, 3.63) is 24.4 Å². The van der Waals surface area contributed by atoms with E-state index in [-0.39, 0.29) is 0 Å². The fourth-order valence-electron chi connectivity index (χ4n) is 0.723. The van der Waals surface area contributed by atoms with Crippen molar-refractivity contribution in [3.63, 3.8) is 0 Å². The molecule has 54 valence electrons. The monoisotopic (exact) mass is 136 g/mol. The van der Waals surface area contributed by atoms with Gasteiger partial charge in [0.1, 0.15) is 0 Å². The molecule has 0 aromatic heterocycles. The molecule has 0 unspecified atom stereocenters. The molecule has 0 aromatic rings. The molecule has 0 amide bonds. The van der Waals surface area contributed by atoms with Crippen LogP contribution >= 0.6 is 0 Å². The van der Waals surface area contributed by atoms with Gasteiger partial charge in [0.25, 0.3) is 0 Å². The molecule has 0 saturated carbocycles. The zero-order valence-electron chi connectivity index (χ0n) is 6.33. The Labute approximate surface area is 61.3 Å². The molecule has 10 heavy (non-hydrogen) atoms. The normalized spacial score (nSPS) is 16.5. The zero-order chi connectivity index (χ0) is 7.40. The van der Waals surface area contributed by atoms with E-state index in [9.17, 15) is 0 Å². The topological polar surface area (TPSA) is 24.4 Å². The van der Waals surface area contributed by atoms with Gasteiger partial charge >= 0.3 is 0 Å². The molecule has 1 aliphatic rings. The molecule has 0 aliphatic carbocycles. The molecule has 0 aromatic carbocycles. The predicted octanol–water partition coefficient (Wildman–Crippen LogP) is 1.67. The Hall–Kier alpha value is -1.05. The van der Waals surface area contributed by atoms with Gasteiger partial charge in [-0.1, -0.05) is 19.9 Å². The van der Waals surface area contributed by atoms with Crippen molar-refractivity contribution in [1.82, 2.24) is 5.43 Å². The van der Waals surface area contributed by atoms with E-state index in [4.69, 9.17) is 0 Å². The first-order valence-corrected chi connectivity index (χ1v) is 3.47. The Morgan fingerprint density at radius 1 is 1.40 bits per heavy atom. The van der Waals surface area contributed by atoms with Gasteiger partial charge in [-0.2, -0.15) is 5.10 Å². The smallest absolute Gasteiger partial charge is 0.0632 e. The lowest BCUT2D eigenvalue weighted by atomic mass is 10.1. The standard InChI is InChI=1S/C8H12N2/c1-7(2)8-5-3-4-6-9-10-8/h3-7,9H,1-2H3. The molecule has 2 nitrogen and oxygen atoms in total. The number of hydrogen-bond donors (Lipinski definition) is 1. The molecular formula is C8H12N2. The highest BCUT2D eigenvalue weighted by atomic mass is 15.3. The molecule has 0 atom stereocenters. The number of rotatable bonds is 1. The zero-order valence-corrected chi connectivity index (χ0v) is 6.33. The van der Waals surface area contributed by atoms with Gasteiger partial charge in [-0.25, -0.2) is 0 Å². The molecule has 0 saturated heterocycles. The van der Waals surface area contributed by atoms with Gasteiger partial charge in [0.05, 0.1) is 5.71 Å². The van der Waals surface area contributed by atoms with Gasteiger partial charge in [0.2, 0.25) is 0 Å². The Morgan fingerprint density at radius 3 is 2.90 bits per heavy atom. The van der Waals surface area contributed by atoms with Crippen LogP contribution in [0, 0.1) is 5.92 Å². The lowest BCUT2D eigenvalue weighted by Gasteiger charge is -2.01. The molecule has 0 radical (unpaired) electrons. The average Bonchev–Trinajstić information content (AvgIpc) is 2.12. The summed E-state index contributed by atoms with van der Waals surface area (Å²) in [5.41, 5.74) is 3.91. The van der Waals surface area contributed by atoms with Crippen LogP contribution in [0.5, 0.6) is 0 Å². The first-order valence-electron chi connectivity index (χ1n) is 3.47. The molecule has 1 N–H and O–H groups in total. The number of nitrogens with one attached hydrogen (secondary N) is 1. The van der Waals surface area contributed by atoms with E-state index in [1.54, 1.807) is 0 Å². The Morgan fingerprint density at radius 2 is 2.20 bits per heavy atom. The summed E-state index contributed by atoms with van der Waals surface area (Å²) >= 11 is 0. The third-order valence-electron chi connectivity index (χ3n) is 1.33. The van der Waals surface area contributed by atoms with Gasteiger partial charge in [0.15, 0.2) is 0 Å². The molecule has 0 bridgehead atoms. The maximum atomic E-state index is 4.12. The van der Waals surface area contributed by atoms with E-state index >= 15 is 0 Å². The molecule has 1 rings (SSSR count). The van der Waals surface area contributed by atoms with Crippen molar-refractivity contribution >= 4 is 5.71 Å². The second-order valence-corrected chi connectivity index (χ2v) is 2.54. The van der Waals surface area contributed by atoms with Crippen molar-refractivity contribution < 1.29 is 0 Å². The third kappa shape index (κ3) is 1.72. The summed E-state index contributed by atoms with van der Waals surface area (Å²) in [7, 11) is 0. The molecule has 2 heteroatoms. The molecule has 1 aliphatic heterocycles. The van der Waals surface area contributed by atoms with E-state index in [1.165, 1.54) is 0 Å². The van der Waals surface area contributed by atoms with Crippen LogP contribution in [0.3, 0.4) is 0 Å². The highest BCUT2D eigenvalue weighted by Crippen LogP contribution is 1.99. The first-order chi connectivity index (χ1) is 4.80. The van der Waals surface area contributed by atoms with Crippen molar-refractivity contribution in [2.24, 2.45) is 11.0 Å². The summed E-state index contributed by atoms with van der Waals surface area (Å²) in [5, 5.41) is 4.12. The van der Waals surface area contributed by atoms with E-state index < -0.39 is 0 Å². The summed E-state index contributed by atoms with van der Waals surface area (Å²) in [4.78, 5) is 0. The van der Waals surface area contributed by atoms with E-state index in [1.807, 2.05) is 24.4 Å². The number of nitrogens with zero attached hydrogens (tertiary/aromatic N) is 1. The lowest BCUT2D eigenvalue weighted by Crippen LogP contribution is -2.07. The van der Waals surface area contributed by atoms with Crippen LogP contribution in [0.1, 0.15) is 13.8 Å². The molecule has 1 heterocycles. The number of hydrazone groups is 1. The molecular weight excluding hydrogens is 124 g/mol.